The van der Waals surface area contributed by atoms with E-state index in [1.807, 2.05) is 6.07 Å². The van der Waals surface area contributed by atoms with Gasteiger partial charge in [0, 0.05) is 0 Å². The number of hydrogen-bond donors (Lipinski definition) is 1. The van der Waals surface area contributed by atoms with Crippen molar-refractivity contribution in [3.05, 3.63) is 46.2 Å². The number of nitrogens with zero attached hydrogens (tertiary/aromatic N) is 1. The number of esters is 1. The molecule has 1 heterocycles. The second-order valence-corrected chi connectivity index (χ2v) is 5.05. The fourth-order valence-electron chi connectivity index (χ4n) is 1.65. The number of carbonyl (C=O) groups excluding carboxylic acids is 2. The maximum Gasteiger partial charge on any atom is 0.350 e. The molecule has 0 aliphatic carbocycles. The summed E-state index contributed by atoms with van der Waals surface area (Å²) in [6.45, 7) is -0.231. The van der Waals surface area contributed by atoms with E-state index >= 15 is 0 Å². The van der Waals surface area contributed by atoms with Crippen LogP contribution in [0.2, 0.25) is 0 Å². The molecular formula is C15H12N2O4S. The summed E-state index contributed by atoms with van der Waals surface area (Å²) in [4.78, 5) is 23.7. The molecular weight excluding hydrogens is 304 g/mol. The van der Waals surface area contributed by atoms with Gasteiger partial charge in [-0.05, 0) is 29.6 Å². The summed E-state index contributed by atoms with van der Waals surface area (Å²) in [6.07, 6.45) is 0. The fourth-order valence-corrected chi connectivity index (χ4v) is 2.41. The third kappa shape index (κ3) is 3.84. The number of nitriles is 1. The summed E-state index contributed by atoms with van der Waals surface area (Å²) in [5, 5.41) is 13.1. The number of benzene rings is 1. The Morgan fingerprint density at radius 2 is 2.18 bits per heavy atom. The van der Waals surface area contributed by atoms with E-state index in [1.165, 1.54) is 24.5 Å². The van der Waals surface area contributed by atoms with Crippen molar-refractivity contribution in [3.63, 3.8) is 0 Å². The highest BCUT2D eigenvalue weighted by Gasteiger charge is 2.15. The van der Waals surface area contributed by atoms with Gasteiger partial charge in [-0.15, -0.1) is 11.3 Å². The molecule has 7 heteroatoms. The average molecular weight is 316 g/mol. The van der Waals surface area contributed by atoms with Crippen LogP contribution in [0.25, 0.3) is 0 Å². The van der Waals surface area contributed by atoms with Crippen molar-refractivity contribution >= 4 is 28.9 Å². The zero-order chi connectivity index (χ0) is 15.9. The minimum absolute atomic E-state index is 0.231. The van der Waals surface area contributed by atoms with E-state index in [0.29, 0.717) is 21.9 Å². The van der Waals surface area contributed by atoms with Crippen LogP contribution in [-0.2, 0) is 9.53 Å². The van der Waals surface area contributed by atoms with Crippen LogP contribution in [0.15, 0.2) is 35.7 Å². The second-order valence-electron chi connectivity index (χ2n) is 4.13. The largest absolute Gasteiger partial charge is 0.484 e. The molecule has 0 bridgehead atoms. The van der Waals surface area contributed by atoms with Gasteiger partial charge in [0.25, 0.3) is 5.91 Å². The summed E-state index contributed by atoms with van der Waals surface area (Å²) in [5.74, 6) is -0.494. The van der Waals surface area contributed by atoms with Crippen LogP contribution in [0.4, 0.5) is 5.69 Å². The lowest BCUT2D eigenvalue weighted by molar-refractivity contribution is -0.118. The first kappa shape index (κ1) is 15.5. The lowest BCUT2D eigenvalue weighted by Gasteiger charge is -2.07. The molecule has 1 aromatic heterocycles. The van der Waals surface area contributed by atoms with Crippen molar-refractivity contribution in [1.82, 2.24) is 0 Å². The number of rotatable bonds is 5. The van der Waals surface area contributed by atoms with Gasteiger partial charge < -0.3 is 14.8 Å². The van der Waals surface area contributed by atoms with Gasteiger partial charge in [0.15, 0.2) is 6.61 Å². The van der Waals surface area contributed by atoms with Crippen molar-refractivity contribution in [2.75, 3.05) is 19.0 Å². The number of nitrogens with one attached hydrogen (secondary N) is 1. The van der Waals surface area contributed by atoms with Gasteiger partial charge in [-0.25, -0.2) is 4.79 Å². The van der Waals surface area contributed by atoms with E-state index < -0.39 is 11.9 Å². The number of hydrogen-bond acceptors (Lipinski definition) is 6. The first-order valence-electron chi connectivity index (χ1n) is 6.22. The molecule has 2 aromatic rings. The predicted molar refractivity (Wildman–Crippen MR) is 80.9 cm³/mol. The monoisotopic (exact) mass is 316 g/mol. The summed E-state index contributed by atoms with van der Waals surface area (Å²) >= 11 is 1.18. The molecule has 0 saturated heterocycles. The highest BCUT2D eigenvalue weighted by molar-refractivity contribution is 7.12. The Labute approximate surface area is 130 Å². The fraction of sp³-hybridized carbons (Fsp3) is 0.133. The summed E-state index contributed by atoms with van der Waals surface area (Å²) < 4.78 is 9.94. The van der Waals surface area contributed by atoms with Gasteiger partial charge in [-0.1, -0.05) is 6.07 Å². The molecule has 1 aromatic carbocycles. The lowest BCUT2D eigenvalue weighted by Crippen LogP contribution is -2.21. The molecule has 112 valence electrons. The number of carbonyl (C=O) groups is 2. The molecule has 0 radical (unpaired) electrons. The van der Waals surface area contributed by atoms with Crippen molar-refractivity contribution < 1.29 is 19.1 Å². The van der Waals surface area contributed by atoms with E-state index in [4.69, 9.17) is 10.00 Å². The number of amides is 1. The first-order chi connectivity index (χ1) is 10.6. The molecule has 22 heavy (non-hydrogen) atoms. The van der Waals surface area contributed by atoms with E-state index in [0.717, 1.165) is 0 Å². The van der Waals surface area contributed by atoms with Gasteiger partial charge in [0.05, 0.1) is 24.4 Å². The van der Waals surface area contributed by atoms with Gasteiger partial charge in [-0.3, -0.25) is 4.79 Å². The topological polar surface area (TPSA) is 88.4 Å². The second kappa shape index (κ2) is 7.24. The summed E-state index contributed by atoms with van der Waals surface area (Å²) in [5.41, 5.74) is 0.833. The normalized spacial score (nSPS) is 9.64. The number of anilines is 1. The quantitative estimate of drug-likeness (QED) is 0.856. The zero-order valence-electron chi connectivity index (χ0n) is 11.7. The molecule has 1 amide bonds. The molecule has 0 aliphatic heterocycles. The molecule has 0 atom stereocenters. The van der Waals surface area contributed by atoms with Crippen LogP contribution in [0.5, 0.6) is 5.75 Å². The third-order valence-corrected chi connectivity index (χ3v) is 3.54. The Hall–Kier alpha value is -2.85. The molecule has 0 unspecified atom stereocenters. The molecule has 6 nitrogen and oxygen atoms in total. The summed E-state index contributed by atoms with van der Waals surface area (Å²) in [6, 6.07) is 10.1. The molecule has 0 spiro atoms. The van der Waals surface area contributed by atoms with Crippen LogP contribution >= 0.6 is 11.3 Å². The minimum atomic E-state index is -0.507. The molecule has 0 aliphatic rings. The Morgan fingerprint density at radius 3 is 2.91 bits per heavy atom. The predicted octanol–water partition coefficient (Wildman–Crippen LogP) is 2.42. The number of methoxy groups -OCH3 is 1. The van der Waals surface area contributed by atoms with Crippen LogP contribution in [0.3, 0.4) is 0 Å². The Kier molecular flexibility index (Phi) is 5.11. The Bertz CT molecular complexity index is 733. The van der Waals surface area contributed by atoms with Gasteiger partial charge in [-0.2, -0.15) is 5.26 Å². The minimum Gasteiger partial charge on any atom is -0.484 e. The molecule has 0 fully saturated rings. The lowest BCUT2D eigenvalue weighted by atomic mass is 10.2. The van der Waals surface area contributed by atoms with E-state index in [-0.39, 0.29) is 6.61 Å². The standard InChI is InChI=1S/C15H12N2O4S/c1-20-15(19)14-12(5-6-22-14)17-13(18)9-21-11-4-2-3-10(7-11)8-16/h2-7H,9H2,1H3,(H,17,18). The van der Waals surface area contributed by atoms with Crippen LogP contribution in [0.1, 0.15) is 15.2 Å². The first-order valence-corrected chi connectivity index (χ1v) is 7.10. The smallest absolute Gasteiger partial charge is 0.350 e. The van der Waals surface area contributed by atoms with Crippen molar-refractivity contribution in [3.8, 4) is 11.8 Å². The van der Waals surface area contributed by atoms with Crippen LogP contribution in [-0.4, -0.2) is 25.6 Å². The summed E-state index contributed by atoms with van der Waals surface area (Å²) in [7, 11) is 1.28. The maximum atomic E-state index is 11.9. The SMILES string of the molecule is COC(=O)c1sccc1NC(=O)COc1cccc(C#N)c1. The van der Waals surface area contributed by atoms with Gasteiger partial charge >= 0.3 is 5.97 Å². The van der Waals surface area contributed by atoms with E-state index in [9.17, 15) is 9.59 Å². The molecule has 2 rings (SSSR count). The van der Waals surface area contributed by atoms with Crippen molar-refractivity contribution in [2.24, 2.45) is 0 Å². The molecule has 1 N–H and O–H groups in total. The zero-order valence-corrected chi connectivity index (χ0v) is 12.5. The van der Waals surface area contributed by atoms with Crippen LogP contribution in [0, 0.1) is 11.3 Å². The van der Waals surface area contributed by atoms with Gasteiger partial charge in [0.1, 0.15) is 10.6 Å². The molecule has 0 saturated carbocycles. The van der Waals surface area contributed by atoms with Crippen molar-refractivity contribution in [2.45, 2.75) is 0 Å². The number of thiophene rings is 1. The highest BCUT2D eigenvalue weighted by atomic mass is 32.1. The number of ether oxygens (including phenoxy) is 2. The maximum absolute atomic E-state index is 11.9. The highest BCUT2D eigenvalue weighted by Crippen LogP contribution is 2.23. The van der Waals surface area contributed by atoms with Gasteiger partial charge in [0.2, 0.25) is 0 Å². The Balaban J connectivity index is 1.95. The Morgan fingerprint density at radius 1 is 1.36 bits per heavy atom. The van der Waals surface area contributed by atoms with E-state index in [2.05, 4.69) is 10.1 Å². The van der Waals surface area contributed by atoms with Crippen molar-refractivity contribution in [1.29, 1.82) is 5.26 Å². The third-order valence-electron chi connectivity index (χ3n) is 2.64. The van der Waals surface area contributed by atoms with Crippen LogP contribution < -0.4 is 10.1 Å². The van der Waals surface area contributed by atoms with E-state index in [1.54, 1.807) is 29.6 Å². The average Bonchev–Trinajstić information content (AvgIpc) is 3.00.